The lowest BCUT2D eigenvalue weighted by Crippen LogP contribution is -2.46. The second-order valence-electron chi connectivity index (χ2n) is 7.75. The first kappa shape index (κ1) is 23.2. The molecule has 0 aromatic heterocycles. The molecule has 2 aromatic carbocycles. The average Bonchev–Trinajstić information content (AvgIpc) is 2.76. The van der Waals surface area contributed by atoms with Crippen molar-refractivity contribution in [1.82, 2.24) is 10.2 Å². The highest BCUT2D eigenvalue weighted by molar-refractivity contribution is 7.80. The van der Waals surface area contributed by atoms with Gasteiger partial charge in [0.25, 0.3) is 0 Å². The van der Waals surface area contributed by atoms with E-state index in [0.717, 1.165) is 16.8 Å². The van der Waals surface area contributed by atoms with E-state index >= 15 is 0 Å². The van der Waals surface area contributed by atoms with Crippen LogP contribution in [0.2, 0.25) is 0 Å². The Morgan fingerprint density at radius 3 is 2.41 bits per heavy atom. The predicted octanol–water partition coefficient (Wildman–Crippen LogP) is 4.43. The quantitative estimate of drug-likeness (QED) is 0.386. The zero-order valence-corrected chi connectivity index (χ0v) is 19.4. The lowest BCUT2D eigenvalue weighted by molar-refractivity contribution is -0.143. The van der Waals surface area contributed by atoms with Gasteiger partial charge in [0.05, 0.1) is 17.7 Å². The Morgan fingerprint density at radius 2 is 1.78 bits per heavy atom. The Kier molecular flexibility index (Phi) is 7.43. The van der Waals surface area contributed by atoms with Crippen molar-refractivity contribution >= 4 is 41.0 Å². The number of carbonyl (C=O) groups is 2. The van der Waals surface area contributed by atoms with E-state index in [-0.39, 0.29) is 18.0 Å². The van der Waals surface area contributed by atoms with E-state index in [1.807, 2.05) is 70.3 Å². The van der Waals surface area contributed by atoms with E-state index in [4.69, 9.17) is 17.0 Å². The first-order chi connectivity index (χ1) is 15.3. The van der Waals surface area contributed by atoms with E-state index in [0.29, 0.717) is 16.4 Å². The maximum Gasteiger partial charge on any atom is 0.338 e. The molecule has 1 aliphatic heterocycles. The van der Waals surface area contributed by atoms with E-state index in [1.54, 1.807) is 23.1 Å². The highest BCUT2D eigenvalue weighted by Gasteiger charge is 2.33. The normalized spacial score (nSPS) is 16.3. The van der Waals surface area contributed by atoms with Crippen molar-refractivity contribution in [2.24, 2.45) is 0 Å². The van der Waals surface area contributed by atoms with E-state index in [2.05, 4.69) is 10.6 Å². The van der Waals surface area contributed by atoms with Gasteiger partial charge in [-0.05, 0) is 62.3 Å². The average molecular weight is 450 g/mol. The molecular weight excluding hydrogens is 422 g/mol. The number of nitrogens with one attached hydrogen (secondary N) is 2. The van der Waals surface area contributed by atoms with Gasteiger partial charge in [-0.25, -0.2) is 4.79 Å². The van der Waals surface area contributed by atoms with Crippen LogP contribution in [-0.4, -0.2) is 35.0 Å². The van der Waals surface area contributed by atoms with Crippen molar-refractivity contribution in [3.8, 4) is 0 Å². The van der Waals surface area contributed by atoms with Gasteiger partial charge in [0, 0.05) is 24.5 Å². The zero-order chi connectivity index (χ0) is 23.3. The Bertz CT molecular complexity index is 1060. The van der Waals surface area contributed by atoms with E-state index < -0.39 is 6.04 Å². The molecule has 2 aromatic rings. The molecule has 166 valence electrons. The van der Waals surface area contributed by atoms with Gasteiger partial charge >= 0.3 is 5.97 Å². The number of esters is 1. The van der Waals surface area contributed by atoms with Crippen LogP contribution >= 0.6 is 12.2 Å². The first-order valence-electron chi connectivity index (χ1n) is 10.4. The summed E-state index contributed by atoms with van der Waals surface area (Å²) in [5.41, 5.74) is 3.70. The van der Waals surface area contributed by atoms with Crippen LogP contribution in [0.3, 0.4) is 0 Å². The molecule has 2 N–H and O–H groups in total. The van der Waals surface area contributed by atoms with Crippen LogP contribution in [0.15, 0.2) is 71.9 Å². The highest BCUT2D eigenvalue weighted by atomic mass is 32.1. The summed E-state index contributed by atoms with van der Waals surface area (Å²) >= 11 is 5.43. The minimum atomic E-state index is -0.437. The maximum absolute atomic E-state index is 12.8. The summed E-state index contributed by atoms with van der Waals surface area (Å²) < 4.78 is 5.46. The third kappa shape index (κ3) is 5.62. The molecule has 0 radical (unpaired) electrons. The molecule has 1 unspecified atom stereocenters. The summed E-state index contributed by atoms with van der Waals surface area (Å²) in [6, 6.07) is 16.5. The molecule has 1 aliphatic rings. The molecule has 0 aliphatic carbocycles. The number of rotatable bonds is 6. The summed E-state index contributed by atoms with van der Waals surface area (Å²) in [5, 5.41) is 6.58. The zero-order valence-electron chi connectivity index (χ0n) is 18.6. The highest BCUT2D eigenvalue weighted by Crippen LogP contribution is 2.31. The second kappa shape index (κ2) is 10.2. The number of thiocarbonyl (C=S) groups is 1. The number of ether oxygens (including phenoxy) is 1. The fourth-order valence-electron chi connectivity index (χ4n) is 3.31. The van der Waals surface area contributed by atoms with Crippen molar-refractivity contribution in [2.75, 3.05) is 12.4 Å². The lowest BCUT2D eigenvalue weighted by Gasteiger charge is -2.35. The van der Waals surface area contributed by atoms with Crippen molar-refractivity contribution in [1.29, 1.82) is 0 Å². The Labute approximate surface area is 194 Å². The van der Waals surface area contributed by atoms with Gasteiger partial charge in [-0.2, -0.15) is 0 Å². The molecule has 1 heterocycles. The topological polar surface area (TPSA) is 70.7 Å². The number of carbonyl (C=O) groups excluding carboxylic acids is 2. The molecule has 0 spiro atoms. The molecule has 3 rings (SSSR count). The van der Waals surface area contributed by atoms with Gasteiger partial charge in [0.1, 0.15) is 0 Å². The van der Waals surface area contributed by atoms with Crippen LogP contribution in [0.25, 0.3) is 6.08 Å². The molecule has 0 bridgehead atoms. The van der Waals surface area contributed by atoms with Crippen molar-refractivity contribution in [3.63, 3.8) is 0 Å². The number of nitrogens with zero attached hydrogens (tertiary/aromatic N) is 1. The van der Waals surface area contributed by atoms with Crippen LogP contribution in [0, 0.1) is 0 Å². The third-order valence-electron chi connectivity index (χ3n) is 5.05. The molecule has 0 saturated heterocycles. The number of hydrogen-bond acceptors (Lipinski definition) is 4. The molecule has 1 atom stereocenters. The first-order valence-corrected chi connectivity index (χ1v) is 10.8. The minimum absolute atomic E-state index is 0.225. The largest absolute Gasteiger partial charge is 0.459 e. The molecule has 1 amide bonds. The SMILES string of the molecule is CC1=C(C(=O)OC(C)C)C(c2ccc(NC(=O)C=Cc3ccccc3)cc2)NC(=S)N1C. The number of anilines is 1. The van der Waals surface area contributed by atoms with Crippen molar-refractivity contribution in [3.05, 3.63) is 83.1 Å². The van der Waals surface area contributed by atoms with Crippen LogP contribution < -0.4 is 10.6 Å². The molecule has 7 heteroatoms. The van der Waals surface area contributed by atoms with Crippen LogP contribution in [0.1, 0.15) is 37.9 Å². The number of allylic oxidation sites excluding steroid dienone is 1. The molecule has 0 saturated carbocycles. The number of hydrogen-bond donors (Lipinski definition) is 2. The number of benzene rings is 2. The summed E-state index contributed by atoms with van der Waals surface area (Å²) in [6.45, 7) is 5.49. The fraction of sp³-hybridized carbons (Fsp3) is 0.240. The number of amides is 1. The van der Waals surface area contributed by atoms with Crippen LogP contribution in [0.4, 0.5) is 5.69 Å². The molecule has 6 nitrogen and oxygen atoms in total. The molecule has 0 fully saturated rings. The van der Waals surface area contributed by atoms with Gasteiger partial charge < -0.3 is 20.3 Å². The van der Waals surface area contributed by atoms with E-state index in [1.165, 1.54) is 6.08 Å². The Morgan fingerprint density at radius 1 is 1.12 bits per heavy atom. The third-order valence-corrected chi connectivity index (χ3v) is 5.45. The van der Waals surface area contributed by atoms with Crippen LogP contribution in [0.5, 0.6) is 0 Å². The van der Waals surface area contributed by atoms with E-state index in [9.17, 15) is 9.59 Å². The molecular formula is C25H27N3O3S. The summed E-state index contributed by atoms with van der Waals surface area (Å²) in [7, 11) is 1.81. The van der Waals surface area contributed by atoms with Gasteiger partial charge in [0.2, 0.25) is 5.91 Å². The summed E-state index contributed by atoms with van der Waals surface area (Å²) in [6.07, 6.45) is 3.02. The van der Waals surface area contributed by atoms with Gasteiger partial charge in [0.15, 0.2) is 5.11 Å². The van der Waals surface area contributed by atoms with Crippen molar-refractivity contribution < 1.29 is 14.3 Å². The second-order valence-corrected chi connectivity index (χ2v) is 8.14. The Hall–Kier alpha value is -3.45. The monoisotopic (exact) mass is 449 g/mol. The van der Waals surface area contributed by atoms with Gasteiger partial charge in [-0.15, -0.1) is 0 Å². The summed E-state index contributed by atoms with van der Waals surface area (Å²) in [4.78, 5) is 26.8. The Balaban J connectivity index is 1.77. The minimum Gasteiger partial charge on any atom is -0.459 e. The standard InChI is InChI=1S/C25H27N3O3S/c1-16(2)31-24(30)22-17(3)28(4)25(32)27-23(22)19-11-13-20(14-12-19)26-21(29)15-10-18-8-6-5-7-9-18/h5-16,23H,1-4H3,(H,26,29)(H,27,32). The fourth-order valence-corrected chi connectivity index (χ4v) is 3.56. The molecule has 32 heavy (non-hydrogen) atoms. The lowest BCUT2D eigenvalue weighted by atomic mass is 9.95. The smallest absolute Gasteiger partial charge is 0.338 e. The predicted molar refractivity (Wildman–Crippen MR) is 131 cm³/mol. The van der Waals surface area contributed by atoms with Gasteiger partial charge in [-0.3, -0.25) is 4.79 Å². The van der Waals surface area contributed by atoms with Crippen molar-refractivity contribution in [2.45, 2.75) is 32.9 Å². The maximum atomic E-state index is 12.8. The van der Waals surface area contributed by atoms with Crippen LogP contribution in [-0.2, 0) is 14.3 Å². The summed E-state index contributed by atoms with van der Waals surface area (Å²) in [5.74, 6) is -0.607. The van der Waals surface area contributed by atoms with Gasteiger partial charge in [-0.1, -0.05) is 42.5 Å².